The first-order valence-corrected chi connectivity index (χ1v) is 9.48. The summed E-state index contributed by atoms with van der Waals surface area (Å²) in [6, 6.07) is 7.05. The molecular formula is C21H24N4O4. The molecule has 8 heteroatoms. The summed E-state index contributed by atoms with van der Waals surface area (Å²) in [6.07, 6.45) is 0.560. The highest BCUT2D eigenvalue weighted by atomic mass is 16.5. The lowest BCUT2D eigenvalue weighted by Gasteiger charge is -2.20. The second kappa shape index (κ2) is 8.30. The smallest absolute Gasteiger partial charge is 0.339 e. The van der Waals surface area contributed by atoms with Crippen LogP contribution in [0.4, 0.5) is 0 Å². The van der Waals surface area contributed by atoms with E-state index in [2.05, 4.69) is 15.0 Å². The fourth-order valence-electron chi connectivity index (χ4n) is 3.39. The molecule has 0 spiro atoms. The summed E-state index contributed by atoms with van der Waals surface area (Å²) in [5.41, 5.74) is 2.28. The first-order valence-electron chi connectivity index (χ1n) is 9.48. The topological polar surface area (TPSA) is 108 Å². The quantitative estimate of drug-likeness (QED) is 0.623. The monoisotopic (exact) mass is 396 g/mol. The van der Waals surface area contributed by atoms with E-state index in [4.69, 9.17) is 4.74 Å². The Morgan fingerprint density at radius 2 is 1.90 bits per heavy atom. The highest BCUT2D eigenvalue weighted by Gasteiger charge is 2.26. The van der Waals surface area contributed by atoms with E-state index in [1.165, 1.54) is 7.11 Å². The van der Waals surface area contributed by atoms with Crippen LogP contribution in [0.3, 0.4) is 0 Å². The number of H-pyrrole nitrogens is 2. The molecule has 0 bridgehead atoms. The molecule has 0 aliphatic rings. The maximum Gasteiger partial charge on any atom is 0.339 e. The zero-order valence-corrected chi connectivity index (χ0v) is 17.0. The lowest BCUT2D eigenvalue weighted by atomic mass is 10.1. The summed E-state index contributed by atoms with van der Waals surface area (Å²) in [5.74, 6) is -0.346. The van der Waals surface area contributed by atoms with E-state index in [1.54, 1.807) is 30.0 Å². The number of rotatable bonds is 6. The van der Waals surface area contributed by atoms with Gasteiger partial charge in [-0.25, -0.2) is 9.78 Å². The number of benzene rings is 1. The fourth-order valence-corrected chi connectivity index (χ4v) is 3.39. The molecule has 2 aromatic heterocycles. The molecule has 1 aromatic carbocycles. The van der Waals surface area contributed by atoms with Crippen LogP contribution in [-0.4, -0.2) is 45.4 Å². The molecule has 0 radical (unpaired) electrons. The van der Waals surface area contributed by atoms with Crippen molar-refractivity contribution in [1.82, 2.24) is 19.9 Å². The molecular weight excluding hydrogens is 372 g/mol. The summed E-state index contributed by atoms with van der Waals surface area (Å²) in [6.45, 7) is 6.01. The third-order valence-electron chi connectivity index (χ3n) is 4.96. The average molecular weight is 396 g/mol. The van der Waals surface area contributed by atoms with Gasteiger partial charge in [-0.2, -0.15) is 0 Å². The number of para-hydroxylation sites is 1. The average Bonchev–Trinajstić information content (AvgIpc) is 3.07. The van der Waals surface area contributed by atoms with E-state index in [0.29, 0.717) is 52.2 Å². The minimum absolute atomic E-state index is 0.142. The zero-order chi connectivity index (χ0) is 21.1. The molecule has 0 fully saturated rings. The van der Waals surface area contributed by atoms with Crippen LogP contribution in [0.1, 0.15) is 51.8 Å². The van der Waals surface area contributed by atoms with Crippen molar-refractivity contribution >= 4 is 22.8 Å². The number of methoxy groups -OCH3 is 1. The summed E-state index contributed by atoms with van der Waals surface area (Å²) in [7, 11) is 1.32. The van der Waals surface area contributed by atoms with Gasteiger partial charge in [-0.1, -0.05) is 19.1 Å². The molecule has 0 aliphatic heterocycles. The number of nitrogens with zero attached hydrogens (tertiary/aromatic N) is 2. The van der Waals surface area contributed by atoms with E-state index in [0.717, 1.165) is 0 Å². The molecule has 2 N–H and O–H groups in total. The maximum atomic E-state index is 13.2. The number of aryl methyl sites for hydroxylation is 1. The molecule has 3 aromatic rings. The van der Waals surface area contributed by atoms with Gasteiger partial charge >= 0.3 is 5.97 Å². The number of esters is 1. The molecule has 152 valence electrons. The van der Waals surface area contributed by atoms with Gasteiger partial charge in [0.2, 0.25) is 0 Å². The number of amides is 1. The minimum Gasteiger partial charge on any atom is -0.465 e. The van der Waals surface area contributed by atoms with Crippen LogP contribution in [0.15, 0.2) is 29.1 Å². The van der Waals surface area contributed by atoms with Gasteiger partial charge in [0, 0.05) is 12.2 Å². The number of hydrogen-bond acceptors (Lipinski definition) is 5. The number of aromatic amines is 2. The Labute approximate surface area is 167 Å². The molecule has 0 aliphatic carbocycles. The Balaban J connectivity index is 1.95. The van der Waals surface area contributed by atoms with Gasteiger partial charge in [0.05, 0.1) is 30.1 Å². The van der Waals surface area contributed by atoms with Crippen LogP contribution < -0.4 is 5.56 Å². The zero-order valence-electron chi connectivity index (χ0n) is 17.0. The van der Waals surface area contributed by atoms with Crippen LogP contribution in [0.25, 0.3) is 10.9 Å². The minimum atomic E-state index is -0.474. The van der Waals surface area contributed by atoms with Crippen molar-refractivity contribution in [3.8, 4) is 0 Å². The van der Waals surface area contributed by atoms with Gasteiger partial charge < -0.3 is 19.6 Å². The number of ether oxygens (including phenoxy) is 1. The van der Waals surface area contributed by atoms with Gasteiger partial charge in [-0.3, -0.25) is 9.59 Å². The van der Waals surface area contributed by atoms with Crippen LogP contribution in [0.5, 0.6) is 0 Å². The molecule has 29 heavy (non-hydrogen) atoms. The number of carbonyl (C=O) groups is 2. The molecule has 0 unspecified atom stereocenters. The number of hydrogen-bond donors (Lipinski definition) is 2. The van der Waals surface area contributed by atoms with Gasteiger partial charge in [0.1, 0.15) is 11.5 Å². The van der Waals surface area contributed by atoms with E-state index in [-0.39, 0.29) is 18.0 Å². The predicted molar refractivity (Wildman–Crippen MR) is 109 cm³/mol. The van der Waals surface area contributed by atoms with Crippen LogP contribution >= 0.6 is 0 Å². The van der Waals surface area contributed by atoms with Crippen molar-refractivity contribution in [3.05, 3.63) is 63.0 Å². The van der Waals surface area contributed by atoms with Gasteiger partial charge in [0.25, 0.3) is 11.5 Å². The molecule has 1 amide bonds. The lowest BCUT2D eigenvalue weighted by Crippen LogP contribution is -2.32. The van der Waals surface area contributed by atoms with Gasteiger partial charge in [0.15, 0.2) is 0 Å². The van der Waals surface area contributed by atoms with E-state index >= 15 is 0 Å². The largest absolute Gasteiger partial charge is 0.465 e. The third kappa shape index (κ3) is 3.78. The normalized spacial score (nSPS) is 10.9. The second-order valence-electron chi connectivity index (χ2n) is 6.67. The third-order valence-corrected chi connectivity index (χ3v) is 4.96. The van der Waals surface area contributed by atoms with E-state index < -0.39 is 5.97 Å². The fraction of sp³-hybridized carbons (Fsp3) is 0.333. The van der Waals surface area contributed by atoms with Crippen molar-refractivity contribution in [2.45, 2.75) is 33.7 Å². The van der Waals surface area contributed by atoms with Crippen LogP contribution in [0.2, 0.25) is 0 Å². The van der Waals surface area contributed by atoms with Crippen molar-refractivity contribution < 1.29 is 14.3 Å². The highest BCUT2D eigenvalue weighted by Crippen LogP contribution is 2.22. The van der Waals surface area contributed by atoms with Crippen molar-refractivity contribution in [3.63, 3.8) is 0 Å². The first kappa shape index (κ1) is 20.3. The van der Waals surface area contributed by atoms with Crippen LogP contribution in [0, 0.1) is 6.92 Å². The Kier molecular flexibility index (Phi) is 5.81. The lowest BCUT2D eigenvalue weighted by molar-refractivity contribution is 0.0599. The van der Waals surface area contributed by atoms with Gasteiger partial charge in [-0.15, -0.1) is 0 Å². The number of fused-ring (bicyclic) bond motifs is 1. The predicted octanol–water partition coefficient (Wildman–Crippen LogP) is 2.57. The van der Waals surface area contributed by atoms with Crippen molar-refractivity contribution in [2.24, 2.45) is 0 Å². The molecule has 3 rings (SSSR count). The van der Waals surface area contributed by atoms with E-state index in [1.807, 2.05) is 19.9 Å². The first-order chi connectivity index (χ1) is 13.9. The Morgan fingerprint density at radius 3 is 2.55 bits per heavy atom. The maximum absolute atomic E-state index is 13.2. The molecule has 2 heterocycles. The second-order valence-corrected chi connectivity index (χ2v) is 6.67. The van der Waals surface area contributed by atoms with Crippen molar-refractivity contribution in [1.29, 1.82) is 0 Å². The molecule has 0 saturated heterocycles. The molecule has 8 nitrogen and oxygen atoms in total. The summed E-state index contributed by atoms with van der Waals surface area (Å²) >= 11 is 0. The van der Waals surface area contributed by atoms with Crippen molar-refractivity contribution in [2.75, 3.05) is 13.7 Å². The Hall–Kier alpha value is -3.42. The number of aromatic nitrogens is 3. The van der Waals surface area contributed by atoms with Crippen LogP contribution in [-0.2, 0) is 17.7 Å². The standard InChI is InChI=1S/C21H24N4O4/c1-5-14-17(21(28)29-4)12(3)18(23-14)20(27)25(6-2)11-16-22-15-10-8-7-9-13(15)19(26)24-16/h7-10,23H,5-6,11H2,1-4H3,(H,22,24,26). The van der Waals surface area contributed by atoms with E-state index in [9.17, 15) is 14.4 Å². The highest BCUT2D eigenvalue weighted by molar-refractivity contribution is 6.00. The molecule has 0 atom stereocenters. The SMILES string of the molecule is CCc1[nH]c(C(=O)N(CC)Cc2nc3ccccc3c(=O)[nH]2)c(C)c1C(=O)OC. The summed E-state index contributed by atoms with van der Waals surface area (Å²) in [5, 5.41) is 0.501. The van der Waals surface area contributed by atoms with Gasteiger partial charge in [-0.05, 0) is 38.0 Å². The number of nitrogens with one attached hydrogen (secondary N) is 2. The Morgan fingerprint density at radius 1 is 1.17 bits per heavy atom. The molecule has 0 saturated carbocycles. The number of carbonyl (C=O) groups excluding carboxylic acids is 2. The summed E-state index contributed by atoms with van der Waals surface area (Å²) in [4.78, 5) is 49.4. The summed E-state index contributed by atoms with van der Waals surface area (Å²) < 4.78 is 4.86. The Bertz CT molecular complexity index is 1130.